The Balaban J connectivity index is 1.97. The van der Waals surface area contributed by atoms with E-state index in [1.807, 2.05) is 6.92 Å². The molecule has 0 aliphatic rings. The molecule has 2 rings (SSSR count). The molecular formula is C15H18FN3O2S. The summed E-state index contributed by atoms with van der Waals surface area (Å²) in [7, 11) is 0. The minimum Gasteiger partial charge on any atom is -0.481 e. The SMILES string of the molecule is CCCc1nnc(NC(=O)[C@H](CC)Oc2ccc(F)cc2)s1. The first kappa shape index (κ1) is 16.4. The third-order valence-electron chi connectivity index (χ3n) is 2.92. The van der Waals surface area contributed by atoms with Crippen LogP contribution in [-0.4, -0.2) is 22.2 Å². The van der Waals surface area contributed by atoms with E-state index in [0.29, 0.717) is 17.3 Å². The van der Waals surface area contributed by atoms with E-state index >= 15 is 0 Å². The summed E-state index contributed by atoms with van der Waals surface area (Å²) in [5.41, 5.74) is 0. The third-order valence-corrected chi connectivity index (χ3v) is 3.81. The average molecular weight is 323 g/mol. The lowest BCUT2D eigenvalue weighted by atomic mass is 10.2. The molecule has 0 unspecified atom stereocenters. The number of carbonyl (C=O) groups is 1. The molecule has 1 heterocycles. The van der Waals surface area contributed by atoms with Gasteiger partial charge in [0.2, 0.25) is 5.13 Å². The van der Waals surface area contributed by atoms with Crippen molar-refractivity contribution in [3.8, 4) is 5.75 Å². The fourth-order valence-electron chi connectivity index (χ4n) is 1.80. The molecule has 1 aromatic carbocycles. The summed E-state index contributed by atoms with van der Waals surface area (Å²) >= 11 is 1.36. The summed E-state index contributed by atoms with van der Waals surface area (Å²) in [6.07, 6.45) is 1.65. The molecule has 0 aliphatic carbocycles. The Hall–Kier alpha value is -2.02. The van der Waals surface area contributed by atoms with Crippen LogP contribution in [0.3, 0.4) is 0 Å². The maximum atomic E-state index is 12.9. The number of rotatable bonds is 7. The van der Waals surface area contributed by atoms with Crippen LogP contribution in [0.4, 0.5) is 9.52 Å². The highest BCUT2D eigenvalue weighted by molar-refractivity contribution is 7.15. The van der Waals surface area contributed by atoms with Crippen molar-refractivity contribution in [3.63, 3.8) is 0 Å². The van der Waals surface area contributed by atoms with Crippen LogP contribution in [0.2, 0.25) is 0 Å². The lowest BCUT2D eigenvalue weighted by molar-refractivity contribution is -0.122. The Bertz CT molecular complexity index is 616. The van der Waals surface area contributed by atoms with E-state index in [1.165, 1.54) is 35.6 Å². The molecule has 7 heteroatoms. The number of anilines is 1. The lowest BCUT2D eigenvalue weighted by Crippen LogP contribution is -2.32. The first-order valence-corrected chi connectivity index (χ1v) is 7.99. The molecule has 2 aromatic rings. The number of amides is 1. The standard InChI is InChI=1S/C15H18FN3O2S/c1-3-5-13-18-19-15(22-13)17-14(20)12(4-2)21-11-8-6-10(16)7-9-11/h6-9,12H,3-5H2,1-2H3,(H,17,19,20)/t12-/m0/s1. The minimum atomic E-state index is -0.663. The number of aromatic nitrogens is 2. The number of halogens is 1. The van der Waals surface area contributed by atoms with Crippen molar-refractivity contribution < 1.29 is 13.9 Å². The zero-order chi connectivity index (χ0) is 15.9. The number of ether oxygens (including phenoxy) is 1. The largest absolute Gasteiger partial charge is 0.481 e. The Morgan fingerprint density at radius 1 is 1.32 bits per heavy atom. The van der Waals surface area contributed by atoms with Crippen LogP contribution in [0.15, 0.2) is 24.3 Å². The molecule has 0 spiro atoms. The lowest BCUT2D eigenvalue weighted by Gasteiger charge is -2.16. The molecule has 0 saturated heterocycles. The van der Waals surface area contributed by atoms with Crippen molar-refractivity contribution in [2.75, 3.05) is 5.32 Å². The summed E-state index contributed by atoms with van der Waals surface area (Å²) in [6, 6.07) is 5.58. The fourth-order valence-corrected chi connectivity index (χ4v) is 2.65. The number of benzene rings is 1. The molecule has 0 radical (unpaired) electrons. The van der Waals surface area contributed by atoms with Crippen molar-refractivity contribution >= 4 is 22.4 Å². The van der Waals surface area contributed by atoms with Gasteiger partial charge in [-0.2, -0.15) is 0 Å². The van der Waals surface area contributed by atoms with Crippen LogP contribution in [0, 0.1) is 5.82 Å². The van der Waals surface area contributed by atoms with E-state index in [-0.39, 0.29) is 11.7 Å². The Morgan fingerprint density at radius 3 is 2.68 bits per heavy atom. The zero-order valence-electron chi connectivity index (χ0n) is 12.5. The van der Waals surface area contributed by atoms with Gasteiger partial charge >= 0.3 is 0 Å². The molecule has 0 saturated carbocycles. The Kier molecular flexibility index (Phi) is 5.83. The van der Waals surface area contributed by atoms with Crippen molar-refractivity contribution in [3.05, 3.63) is 35.1 Å². The predicted octanol–water partition coefficient (Wildman–Crippen LogP) is 3.43. The molecule has 1 aromatic heterocycles. The van der Waals surface area contributed by atoms with Gasteiger partial charge in [-0.25, -0.2) is 4.39 Å². The number of nitrogens with zero attached hydrogens (tertiary/aromatic N) is 2. The van der Waals surface area contributed by atoms with E-state index in [1.54, 1.807) is 0 Å². The summed E-state index contributed by atoms with van der Waals surface area (Å²) in [5, 5.41) is 12.0. The summed E-state index contributed by atoms with van der Waals surface area (Å²) < 4.78 is 18.5. The second kappa shape index (κ2) is 7.84. The van der Waals surface area contributed by atoms with Gasteiger partial charge in [-0.3, -0.25) is 10.1 Å². The normalized spacial score (nSPS) is 12.0. The van der Waals surface area contributed by atoms with Crippen LogP contribution in [-0.2, 0) is 11.2 Å². The quantitative estimate of drug-likeness (QED) is 0.848. The van der Waals surface area contributed by atoms with E-state index in [9.17, 15) is 9.18 Å². The molecule has 22 heavy (non-hydrogen) atoms. The molecule has 5 nitrogen and oxygen atoms in total. The van der Waals surface area contributed by atoms with Gasteiger partial charge < -0.3 is 4.74 Å². The van der Waals surface area contributed by atoms with Crippen molar-refractivity contribution in [2.45, 2.75) is 39.2 Å². The van der Waals surface area contributed by atoms with E-state index < -0.39 is 6.10 Å². The van der Waals surface area contributed by atoms with Gasteiger partial charge in [-0.05, 0) is 37.1 Å². The Labute approximate surface area is 132 Å². The van der Waals surface area contributed by atoms with E-state index in [0.717, 1.165) is 17.8 Å². The monoisotopic (exact) mass is 323 g/mol. The predicted molar refractivity (Wildman–Crippen MR) is 83.6 cm³/mol. The number of carbonyl (C=O) groups excluding carboxylic acids is 1. The number of nitrogens with one attached hydrogen (secondary N) is 1. The van der Waals surface area contributed by atoms with Crippen LogP contribution in [0.25, 0.3) is 0 Å². The first-order valence-electron chi connectivity index (χ1n) is 7.17. The van der Waals surface area contributed by atoms with Gasteiger partial charge in [0.05, 0.1) is 0 Å². The summed E-state index contributed by atoms with van der Waals surface area (Å²) in [6.45, 7) is 3.90. The molecule has 118 valence electrons. The van der Waals surface area contributed by atoms with Crippen molar-refractivity contribution in [1.29, 1.82) is 0 Å². The number of hydrogen-bond donors (Lipinski definition) is 1. The van der Waals surface area contributed by atoms with Crippen LogP contribution < -0.4 is 10.1 Å². The minimum absolute atomic E-state index is 0.286. The smallest absolute Gasteiger partial charge is 0.267 e. The molecular weight excluding hydrogens is 305 g/mol. The van der Waals surface area contributed by atoms with E-state index in [4.69, 9.17) is 4.74 Å². The van der Waals surface area contributed by atoms with Gasteiger partial charge in [0.25, 0.3) is 5.91 Å². The molecule has 1 atom stereocenters. The number of aryl methyl sites for hydroxylation is 1. The van der Waals surface area contributed by atoms with E-state index in [2.05, 4.69) is 22.4 Å². The highest BCUT2D eigenvalue weighted by Gasteiger charge is 2.20. The molecule has 1 N–H and O–H groups in total. The highest BCUT2D eigenvalue weighted by Crippen LogP contribution is 2.19. The van der Waals surface area contributed by atoms with Gasteiger partial charge in [0, 0.05) is 6.42 Å². The molecule has 0 bridgehead atoms. The van der Waals surface area contributed by atoms with Crippen molar-refractivity contribution in [2.24, 2.45) is 0 Å². The number of hydrogen-bond acceptors (Lipinski definition) is 5. The molecule has 0 aliphatic heterocycles. The first-order chi connectivity index (χ1) is 10.6. The second-order valence-electron chi connectivity index (χ2n) is 4.71. The second-order valence-corrected chi connectivity index (χ2v) is 5.77. The molecule has 0 fully saturated rings. The van der Waals surface area contributed by atoms with Crippen LogP contribution in [0.1, 0.15) is 31.7 Å². The zero-order valence-corrected chi connectivity index (χ0v) is 13.3. The topological polar surface area (TPSA) is 64.1 Å². The van der Waals surface area contributed by atoms with Gasteiger partial charge in [0.1, 0.15) is 16.6 Å². The van der Waals surface area contributed by atoms with Gasteiger partial charge in [-0.1, -0.05) is 25.2 Å². The maximum absolute atomic E-state index is 12.9. The fraction of sp³-hybridized carbons (Fsp3) is 0.400. The Morgan fingerprint density at radius 2 is 2.05 bits per heavy atom. The van der Waals surface area contributed by atoms with Gasteiger partial charge in [0.15, 0.2) is 6.10 Å². The molecule has 1 amide bonds. The van der Waals surface area contributed by atoms with Gasteiger partial charge in [-0.15, -0.1) is 10.2 Å². The summed E-state index contributed by atoms with van der Waals surface area (Å²) in [4.78, 5) is 12.2. The summed E-state index contributed by atoms with van der Waals surface area (Å²) in [5.74, 6) is -0.180. The third kappa shape index (κ3) is 4.49. The average Bonchev–Trinajstić information content (AvgIpc) is 2.94. The van der Waals surface area contributed by atoms with Crippen LogP contribution >= 0.6 is 11.3 Å². The maximum Gasteiger partial charge on any atom is 0.267 e. The highest BCUT2D eigenvalue weighted by atomic mass is 32.1. The van der Waals surface area contributed by atoms with Crippen molar-refractivity contribution in [1.82, 2.24) is 10.2 Å². The van der Waals surface area contributed by atoms with Crippen LogP contribution in [0.5, 0.6) is 5.75 Å².